The first-order valence-corrected chi connectivity index (χ1v) is 12.1. The molecule has 8 heteroatoms. The molecule has 1 aliphatic heterocycles. The van der Waals surface area contributed by atoms with E-state index in [-0.39, 0.29) is 12.5 Å². The largest absolute Gasteiger partial charge is 0.481 e. The first-order valence-electron chi connectivity index (χ1n) is 12.1. The lowest BCUT2D eigenvalue weighted by atomic mass is 9.94. The van der Waals surface area contributed by atoms with E-state index < -0.39 is 11.9 Å². The zero-order valence-electron chi connectivity index (χ0n) is 20.4. The number of hydrogen-bond donors (Lipinski definition) is 2. The molecule has 0 saturated carbocycles. The molecule has 4 rings (SSSR count). The average Bonchev–Trinajstić information content (AvgIpc) is 3.31. The van der Waals surface area contributed by atoms with Crippen LogP contribution in [0, 0.1) is 12.8 Å². The maximum atomic E-state index is 12.8. The molecule has 8 nitrogen and oxygen atoms in total. The molecule has 0 radical (unpaired) electrons. The van der Waals surface area contributed by atoms with Crippen LogP contribution in [0.15, 0.2) is 54.7 Å². The van der Waals surface area contributed by atoms with E-state index in [1.54, 1.807) is 6.07 Å². The summed E-state index contributed by atoms with van der Waals surface area (Å²) in [6.07, 6.45) is 4.55. The number of likely N-dealkylation sites (tertiary alicyclic amines) is 1. The fraction of sp³-hybridized carbons (Fsp3) is 0.407. The highest BCUT2D eigenvalue weighted by molar-refractivity contribution is 5.94. The van der Waals surface area contributed by atoms with Gasteiger partial charge in [-0.25, -0.2) is 4.68 Å². The molecule has 35 heavy (non-hydrogen) atoms. The molecule has 2 heterocycles. The summed E-state index contributed by atoms with van der Waals surface area (Å²) in [5.74, 6) is -1.46. The smallest absolute Gasteiger partial charge is 0.308 e. The van der Waals surface area contributed by atoms with Gasteiger partial charge in [0.1, 0.15) is 0 Å². The van der Waals surface area contributed by atoms with Gasteiger partial charge in [-0.05, 0) is 69.6 Å². The Labute approximate surface area is 206 Å². The summed E-state index contributed by atoms with van der Waals surface area (Å²) in [6.45, 7) is 4.72. The predicted octanol–water partition coefficient (Wildman–Crippen LogP) is 3.12. The summed E-state index contributed by atoms with van der Waals surface area (Å²) in [5, 5.41) is 21.1. The number of carboxylic acids is 1. The molecule has 1 fully saturated rings. The van der Waals surface area contributed by atoms with E-state index in [4.69, 9.17) is 0 Å². The summed E-state index contributed by atoms with van der Waals surface area (Å²) >= 11 is 0. The maximum absolute atomic E-state index is 12.8. The van der Waals surface area contributed by atoms with Crippen molar-refractivity contribution in [3.63, 3.8) is 0 Å². The van der Waals surface area contributed by atoms with Crippen molar-refractivity contribution in [3.05, 3.63) is 82.7 Å². The van der Waals surface area contributed by atoms with Crippen LogP contribution in [-0.4, -0.2) is 63.6 Å². The van der Waals surface area contributed by atoms with E-state index in [9.17, 15) is 14.7 Å². The molecule has 1 atom stereocenters. The van der Waals surface area contributed by atoms with Crippen LogP contribution in [0.1, 0.15) is 51.5 Å². The molecule has 1 unspecified atom stereocenters. The molecule has 2 aromatic carbocycles. The second kappa shape index (κ2) is 11.3. The van der Waals surface area contributed by atoms with Crippen molar-refractivity contribution in [2.75, 3.05) is 26.7 Å². The van der Waals surface area contributed by atoms with Crippen LogP contribution in [-0.2, 0) is 17.8 Å². The van der Waals surface area contributed by atoms with Crippen LogP contribution in [0.25, 0.3) is 0 Å². The molecule has 2 N–H and O–H groups in total. The SMILES string of the molecule is Cc1ccc(CC(CNC(=O)c2cccc(Cn3cc(C4CCN(C)CC4)nn3)c2)C(=O)O)cc1. The van der Waals surface area contributed by atoms with Crippen LogP contribution in [0.2, 0.25) is 0 Å². The Balaban J connectivity index is 1.34. The summed E-state index contributed by atoms with van der Waals surface area (Å²) < 4.78 is 1.81. The van der Waals surface area contributed by atoms with Gasteiger partial charge in [-0.2, -0.15) is 0 Å². The highest BCUT2D eigenvalue weighted by Crippen LogP contribution is 2.25. The molecule has 1 amide bonds. The number of piperidine rings is 1. The Kier molecular flexibility index (Phi) is 7.92. The topological polar surface area (TPSA) is 100 Å². The second-order valence-electron chi connectivity index (χ2n) is 9.55. The third kappa shape index (κ3) is 6.76. The van der Waals surface area contributed by atoms with Crippen molar-refractivity contribution in [1.29, 1.82) is 0 Å². The average molecular weight is 476 g/mol. The Morgan fingerprint density at radius 1 is 1.11 bits per heavy atom. The number of rotatable bonds is 9. The van der Waals surface area contributed by atoms with Gasteiger partial charge in [0.05, 0.1) is 18.2 Å². The Hall–Kier alpha value is -3.52. The van der Waals surface area contributed by atoms with Crippen molar-refractivity contribution in [2.45, 2.75) is 38.6 Å². The summed E-state index contributed by atoms with van der Waals surface area (Å²) in [5.41, 5.74) is 4.52. The lowest BCUT2D eigenvalue weighted by molar-refractivity contribution is -0.141. The lowest BCUT2D eigenvalue weighted by Gasteiger charge is -2.27. The predicted molar refractivity (Wildman–Crippen MR) is 133 cm³/mol. The van der Waals surface area contributed by atoms with Crippen LogP contribution < -0.4 is 5.32 Å². The number of carboxylic acid groups (broad SMARTS) is 1. The summed E-state index contributed by atoms with van der Waals surface area (Å²) in [4.78, 5) is 26.8. The Morgan fingerprint density at radius 3 is 2.57 bits per heavy atom. The fourth-order valence-corrected chi connectivity index (χ4v) is 4.45. The van der Waals surface area contributed by atoms with Gasteiger partial charge >= 0.3 is 5.97 Å². The quantitative estimate of drug-likeness (QED) is 0.493. The van der Waals surface area contributed by atoms with Gasteiger partial charge < -0.3 is 15.3 Å². The van der Waals surface area contributed by atoms with E-state index in [2.05, 4.69) is 27.6 Å². The maximum Gasteiger partial charge on any atom is 0.308 e. The highest BCUT2D eigenvalue weighted by atomic mass is 16.4. The van der Waals surface area contributed by atoms with Gasteiger partial charge in [-0.15, -0.1) is 5.10 Å². The zero-order chi connectivity index (χ0) is 24.8. The van der Waals surface area contributed by atoms with Gasteiger partial charge in [0.25, 0.3) is 5.91 Å². The van der Waals surface area contributed by atoms with Crippen molar-refractivity contribution in [1.82, 2.24) is 25.2 Å². The zero-order valence-corrected chi connectivity index (χ0v) is 20.4. The molecule has 1 aromatic heterocycles. The number of carbonyl (C=O) groups excluding carboxylic acids is 1. The number of amides is 1. The highest BCUT2D eigenvalue weighted by Gasteiger charge is 2.22. The molecular formula is C27H33N5O3. The van der Waals surface area contributed by atoms with E-state index in [0.717, 1.165) is 48.3 Å². The second-order valence-corrected chi connectivity index (χ2v) is 9.55. The van der Waals surface area contributed by atoms with Crippen LogP contribution in [0.3, 0.4) is 0 Å². The molecule has 184 valence electrons. The van der Waals surface area contributed by atoms with E-state index in [1.807, 2.05) is 60.3 Å². The van der Waals surface area contributed by atoms with Crippen LogP contribution >= 0.6 is 0 Å². The van der Waals surface area contributed by atoms with Crippen molar-refractivity contribution in [2.24, 2.45) is 5.92 Å². The normalized spacial score (nSPS) is 15.6. The first-order chi connectivity index (χ1) is 16.9. The van der Waals surface area contributed by atoms with E-state index >= 15 is 0 Å². The number of aryl methyl sites for hydroxylation is 1. The number of carbonyl (C=O) groups is 2. The molecule has 0 aliphatic carbocycles. The first kappa shape index (κ1) is 24.6. The van der Waals surface area contributed by atoms with E-state index in [0.29, 0.717) is 24.4 Å². The van der Waals surface area contributed by atoms with E-state index in [1.165, 1.54) is 0 Å². The van der Waals surface area contributed by atoms with Crippen LogP contribution in [0.5, 0.6) is 0 Å². The molecule has 0 spiro atoms. The van der Waals surface area contributed by atoms with Gasteiger partial charge in [-0.3, -0.25) is 9.59 Å². The van der Waals surface area contributed by atoms with Crippen molar-refractivity contribution in [3.8, 4) is 0 Å². The summed E-state index contributed by atoms with van der Waals surface area (Å²) in [7, 11) is 2.14. The number of benzene rings is 2. The van der Waals surface area contributed by atoms with Crippen molar-refractivity contribution < 1.29 is 14.7 Å². The number of hydrogen-bond acceptors (Lipinski definition) is 5. The Morgan fingerprint density at radius 2 is 1.86 bits per heavy atom. The van der Waals surface area contributed by atoms with Crippen LogP contribution in [0.4, 0.5) is 0 Å². The molecule has 0 bridgehead atoms. The summed E-state index contributed by atoms with van der Waals surface area (Å²) in [6, 6.07) is 15.1. The van der Waals surface area contributed by atoms with Gasteiger partial charge in [-0.1, -0.05) is 47.2 Å². The van der Waals surface area contributed by atoms with Gasteiger partial charge in [0, 0.05) is 24.2 Å². The molecule has 1 saturated heterocycles. The minimum atomic E-state index is -0.925. The lowest BCUT2D eigenvalue weighted by Crippen LogP contribution is -2.34. The van der Waals surface area contributed by atoms with Gasteiger partial charge in [0.2, 0.25) is 0 Å². The number of aromatic nitrogens is 3. The molecule has 3 aromatic rings. The third-order valence-corrected chi connectivity index (χ3v) is 6.69. The number of aliphatic carboxylic acids is 1. The fourth-order valence-electron chi connectivity index (χ4n) is 4.45. The minimum Gasteiger partial charge on any atom is -0.481 e. The monoisotopic (exact) mass is 475 g/mol. The molecule has 1 aliphatic rings. The standard InChI is InChI=1S/C27H33N5O3/c1-19-6-8-20(9-7-19)14-24(27(34)35)16-28-26(33)23-5-3-4-21(15-23)17-32-18-25(29-30-32)22-10-12-31(2)13-11-22/h3-9,15,18,22,24H,10-14,16-17H2,1-2H3,(H,28,33)(H,34,35). The van der Waals surface area contributed by atoms with Gasteiger partial charge in [0.15, 0.2) is 0 Å². The Bertz CT molecular complexity index is 1150. The van der Waals surface area contributed by atoms with Crippen molar-refractivity contribution >= 4 is 11.9 Å². The molecular weight excluding hydrogens is 442 g/mol. The number of nitrogens with zero attached hydrogens (tertiary/aromatic N) is 4. The minimum absolute atomic E-state index is 0.0648. The third-order valence-electron chi connectivity index (χ3n) is 6.69. The number of nitrogens with one attached hydrogen (secondary N) is 1.